The Morgan fingerprint density at radius 1 is 1.09 bits per heavy atom. The molecule has 1 N–H and O–H groups in total. The Labute approximate surface area is 230 Å². The SMILES string of the molecule is CCOc1cc(/C=C2/SC(=Nc3cccc(Cl)c3Cl)NC2=O)cc(Br)c1OCc1ccc(Cl)cc1. The maximum Gasteiger partial charge on any atom is 0.264 e. The van der Waals surface area contributed by atoms with Gasteiger partial charge >= 0.3 is 0 Å². The zero-order valence-corrected chi connectivity index (χ0v) is 23.0. The minimum atomic E-state index is -0.260. The van der Waals surface area contributed by atoms with Gasteiger partial charge in [-0.3, -0.25) is 4.79 Å². The molecule has 1 aliphatic rings. The smallest absolute Gasteiger partial charge is 0.264 e. The number of nitrogens with zero attached hydrogens (tertiary/aromatic N) is 1. The Kier molecular flexibility index (Phi) is 8.68. The first kappa shape index (κ1) is 25.9. The Bertz CT molecular complexity index is 1330. The molecule has 0 bridgehead atoms. The van der Waals surface area contributed by atoms with Crippen molar-refractivity contribution in [2.24, 2.45) is 4.99 Å². The monoisotopic (exact) mass is 610 g/mol. The van der Waals surface area contributed by atoms with Crippen molar-refractivity contribution in [1.29, 1.82) is 0 Å². The van der Waals surface area contributed by atoms with Crippen LogP contribution in [0.5, 0.6) is 11.5 Å². The molecule has 1 fully saturated rings. The van der Waals surface area contributed by atoms with Crippen molar-refractivity contribution in [2.75, 3.05) is 6.61 Å². The maximum atomic E-state index is 12.6. The molecule has 0 aromatic heterocycles. The molecule has 0 unspecified atom stereocenters. The second-order valence-corrected chi connectivity index (χ2v) is 10.3. The number of amidine groups is 1. The van der Waals surface area contributed by atoms with E-state index in [1.165, 1.54) is 11.8 Å². The molecule has 0 atom stereocenters. The van der Waals surface area contributed by atoms with Gasteiger partial charge in [-0.1, -0.05) is 53.0 Å². The first-order valence-corrected chi connectivity index (χ1v) is 13.2. The van der Waals surface area contributed by atoms with Gasteiger partial charge in [-0.15, -0.1) is 0 Å². The Balaban J connectivity index is 1.56. The molecule has 1 heterocycles. The molecule has 0 radical (unpaired) electrons. The maximum absolute atomic E-state index is 12.6. The molecule has 0 spiro atoms. The van der Waals surface area contributed by atoms with Crippen LogP contribution in [0, 0.1) is 0 Å². The summed E-state index contributed by atoms with van der Waals surface area (Å²) < 4.78 is 12.6. The fourth-order valence-corrected chi connectivity index (χ4v) is 5.00. The molecule has 35 heavy (non-hydrogen) atoms. The summed E-state index contributed by atoms with van der Waals surface area (Å²) in [6.07, 6.45) is 1.76. The van der Waals surface area contributed by atoms with Crippen molar-refractivity contribution in [2.45, 2.75) is 13.5 Å². The number of aliphatic imine (C=N–C) groups is 1. The summed E-state index contributed by atoms with van der Waals surface area (Å²) in [5.41, 5.74) is 2.21. The molecule has 0 saturated carbocycles. The van der Waals surface area contributed by atoms with Gasteiger partial charge in [-0.2, -0.15) is 0 Å². The highest BCUT2D eigenvalue weighted by Crippen LogP contribution is 2.39. The second-order valence-electron chi connectivity index (χ2n) is 7.23. The van der Waals surface area contributed by atoms with E-state index in [0.29, 0.717) is 60.0 Å². The molecule has 3 aromatic carbocycles. The van der Waals surface area contributed by atoms with Crippen molar-refractivity contribution in [3.63, 3.8) is 0 Å². The van der Waals surface area contributed by atoms with Gasteiger partial charge in [0.05, 0.1) is 31.7 Å². The lowest BCUT2D eigenvalue weighted by atomic mass is 10.1. The number of thioether (sulfide) groups is 1. The molecule has 3 aromatic rings. The summed E-state index contributed by atoms with van der Waals surface area (Å²) in [6.45, 7) is 2.70. The van der Waals surface area contributed by atoms with Gasteiger partial charge in [0.1, 0.15) is 6.61 Å². The van der Waals surface area contributed by atoms with E-state index in [-0.39, 0.29) is 5.91 Å². The zero-order chi connectivity index (χ0) is 24.9. The summed E-state index contributed by atoms with van der Waals surface area (Å²) in [7, 11) is 0. The van der Waals surface area contributed by atoms with Crippen LogP contribution < -0.4 is 14.8 Å². The van der Waals surface area contributed by atoms with Crippen LogP contribution in [0.1, 0.15) is 18.1 Å². The lowest BCUT2D eigenvalue weighted by Gasteiger charge is -2.15. The number of nitrogens with one attached hydrogen (secondary N) is 1. The first-order chi connectivity index (χ1) is 16.8. The van der Waals surface area contributed by atoms with E-state index in [2.05, 4.69) is 26.2 Å². The predicted molar refractivity (Wildman–Crippen MR) is 148 cm³/mol. The van der Waals surface area contributed by atoms with Gasteiger partial charge in [-0.25, -0.2) is 4.99 Å². The van der Waals surface area contributed by atoms with Crippen LogP contribution >= 0.6 is 62.5 Å². The van der Waals surface area contributed by atoms with E-state index in [1.807, 2.05) is 43.3 Å². The van der Waals surface area contributed by atoms with E-state index < -0.39 is 0 Å². The van der Waals surface area contributed by atoms with Crippen molar-refractivity contribution < 1.29 is 14.3 Å². The van der Waals surface area contributed by atoms with E-state index >= 15 is 0 Å². The number of ether oxygens (including phenoxy) is 2. The standard InChI is InChI=1S/C25H18BrCl3N2O3S/c1-2-33-20-11-15(10-17(26)23(20)34-13-14-6-8-16(27)9-7-14)12-21-24(32)31-25(35-21)30-19-5-3-4-18(28)22(19)29/h3-12H,2,13H2,1H3,(H,30,31,32)/b21-12+. The minimum Gasteiger partial charge on any atom is -0.490 e. The number of benzene rings is 3. The van der Waals surface area contributed by atoms with E-state index in [0.717, 1.165) is 11.1 Å². The number of carbonyl (C=O) groups excluding carboxylic acids is 1. The summed E-state index contributed by atoms with van der Waals surface area (Å²) in [4.78, 5) is 17.5. The van der Waals surface area contributed by atoms with Crippen molar-refractivity contribution >= 4 is 85.3 Å². The molecular formula is C25H18BrCl3N2O3S. The average molecular weight is 613 g/mol. The number of carbonyl (C=O) groups is 1. The third-order valence-electron chi connectivity index (χ3n) is 4.73. The first-order valence-electron chi connectivity index (χ1n) is 10.4. The second kappa shape index (κ2) is 11.7. The summed E-state index contributed by atoms with van der Waals surface area (Å²) in [5.74, 6) is 0.875. The van der Waals surface area contributed by atoms with Gasteiger partial charge in [0, 0.05) is 5.02 Å². The third kappa shape index (κ3) is 6.54. The molecule has 4 rings (SSSR count). The van der Waals surface area contributed by atoms with Crippen LogP contribution in [0.3, 0.4) is 0 Å². The van der Waals surface area contributed by atoms with Gasteiger partial charge in [-0.05, 0) is 88.2 Å². The normalized spacial score (nSPS) is 15.5. The molecule has 10 heteroatoms. The Hall–Kier alpha value is -2.16. The lowest BCUT2D eigenvalue weighted by Crippen LogP contribution is -2.19. The van der Waals surface area contributed by atoms with Crippen LogP contribution in [0.4, 0.5) is 5.69 Å². The number of hydrogen-bond acceptors (Lipinski definition) is 5. The van der Waals surface area contributed by atoms with Crippen LogP contribution in [-0.2, 0) is 11.4 Å². The largest absolute Gasteiger partial charge is 0.490 e. The van der Waals surface area contributed by atoms with Crippen molar-refractivity contribution in [1.82, 2.24) is 5.32 Å². The van der Waals surface area contributed by atoms with E-state index in [4.69, 9.17) is 44.3 Å². The van der Waals surface area contributed by atoms with Crippen LogP contribution in [0.2, 0.25) is 15.1 Å². The topological polar surface area (TPSA) is 59.9 Å². The highest BCUT2D eigenvalue weighted by molar-refractivity contribution is 9.10. The summed E-state index contributed by atoms with van der Waals surface area (Å²) in [6, 6.07) is 16.3. The minimum absolute atomic E-state index is 0.260. The zero-order valence-electron chi connectivity index (χ0n) is 18.3. The Morgan fingerprint density at radius 3 is 2.60 bits per heavy atom. The van der Waals surface area contributed by atoms with Gasteiger partial charge in [0.15, 0.2) is 16.7 Å². The van der Waals surface area contributed by atoms with Gasteiger partial charge < -0.3 is 14.8 Å². The molecule has 1 saturated heterocycles. The molecule has 5 nitrogen and oxygen atoms in total. The fourth-order valence-electron chi connectivity index (χ4n) is 3.13. The van der Waals surface area contributed by atoms with Crippen LogP contribution in [0.15, 0.2) is 69.0 Å². The lowest BCUT2D eigenvalue weighted by molar-refractivity contribution is -0.115. The Morgan fingerprint density at radius 2 is 1.86 bits per heavy atom. The summed E-state index contributed by atoms with van der Waals surface area (Å²) in [5, 5.41) is 4.56. The van der Waals surface area contributed by atoms with Gasteiger partial charge in [0.2, 0.25) is 0 Å². The summed E-state index contributed by atoms with van der Waals surface area (Å²) >= 11 is 23.0. The van der Waals surface area contributed by atoms with E-state index in [1.54, 1.807) is 24.3 Å². The van der Waals surface area contributed by atoms with Crippen LogP contribution in [0.25, 0.3) is 6.08 Å². The van der Waals surface area contributed by atoms with Crippen LogP contribution in [-0.4, -0.2) is 17.7 Å². The van der Waals surface area contributed by atoms with Crippen molar-refractivity contribution in [3.8, 4) is 11.5 Å². The highest BCUT2D eigenvalue weighted by Gasteiger charge is 2.25. The molecule has 1 amide bonds. The number of rotatable bonds is 7. The predicted octanol–water partition coefficient (Wildman–Crippen LogP) is 8.28. The quantitative estimate of drug-likeness (QED) is 0.273. The average Bonchev–Trinajstić information content (AvgIpc) is 3.16. The van der Waals surface area contributed by atoms with E-state index in [9.17, 15) is 4.79 Å². The number of halogens is 4. The third-order valence-corrected chi connectivity index (χ3v) is 7.29. The molecule has 0 aliphatic carbocycles. The molecule has 1 aliphatic heterocycles. The number of hydrogen-bond donors (Lipinski definition) is 1. The van der Waals surface area contributed by atoms with Gasteiger partial charge in [0.25, 0.3) is 5.91 Å². The van der Waals surface area contributed by atoms with Crippen molar-refractivity contribution in [3.05, 3.63) is 90.2 Å². The molecular weight excluding hydrogens is 595 g/mol. The number of amides is 1. The fraction of sp³-hybridized carbons (Fsp3) is 0.120. The highest BCUT2D eigenvalue weighted by atomic mass is 79.9. The molecule has 180 valence electrons.